The molecular weight excluding hydrogens is 1670 g/mol. The fraction of sp³-hybridized carbons (Fsp3) is 0.0909. The molecule has 0 atom stereocenters. The van der Waals surface area contributed by atoms with Crippen LogP contribution in [0.3, 0.4) is 0 Å². The lowest BCUT2D eigenvalue weighted by atomic mass is 9.33. The maximum absolute atomic E-state index is 10.6. The number of anilines is 6. The quantitative estimate of drug-likeness (QED) is 0.0665. The molecule has 0 bridgehead atoms. The molecule has 23 rings (SSSR count). The van der Waals surface area contributed by atoms with E-state index in [2.05, 4.69) is 479 Å². The van der Waals surface area contributed by atoms with E-state index in [4.69, 9.17) is 0 Å². The third-order valence-corrected chi connectivity index (χ3v) is 33.0. The van der Waals surface area contributed by atoms with Crippen molar-refractivity contribution < 1.29 is 9.60 Å². The van der Waals surface area contributed by atoms with E-state index in [1.54, 1.807) is 4.57 Å². The number of nitrogens with zero attached hydrogens (tertiary/aromatic N) is 3. The first-order valence-corrected chi connectivity index (χ1v) is 49.7. The van der Waals surface area contributed by atoms with Crippen molar-refractivity contribution in [1.82, 2.24) is 4.57 Å². The molecule has 0 unspecified atom stereocenters. The van der Waals surface area contributed by atoms with Crippen LogP contribution >= 0.6 is 0 Å². The van der Waals surface area contributed by atoms with Gasteiger partial charge in [0.15, 0.2) is 8.07 Å². The molecule has 2 aliphatic rings. The number of fused-ring (bicyclic) bond motifs is 7. The standard InChI is InChI=1S/C132H106BN3Si/c1-130(2,3)105-82-114(101-54-36-50-95(76-101)89-40-18-10-19-41-89)128(115(83-105)102-55-37-51-96(77-102)90-42-20-11-21-43-90)135-123-75-69-100(94-66-71-112(72-67-94)137(109-58-28-15-29-59-109,110-60-30-16-31-61-110)111-62-32-17-33-63-111)81-120(123)133-119-73-70-108(134-121-65-35-34-64-113(121)118-80-99(68-74-122(118)134)93-48-26-14-27-49-93)88-124(119)136(126-87-107(132(7,8)9)86-125(135)127(126)133)129-116(103-56-38-52-97(78-103)91-44-22-12-23-45-91)84-106(131(4,5)6)85-117(129)104-57-39-53-98(79-104)92-46-24-13-25-47-92/h10-88H,1-9H3/i34D,35D,64D,65D,68D,74D,80D. The molecule has 0 saturated carbocycles. The molecule has 0 amide bonds. The van der Waals surface area contributed by atoms with Crippen LogP contribution in [0, 0.1) is 0 Å². The van der Waals surface area contributed by atoms with Crippen LogP contribution in [0.5, 0.6) is 0 Å². The fourth-order valence-corrected chi connectivity index (χ4v) is 25.9. The summed E-state index contributed by atoms with van der Waals surface area (Å²) in [4.78, 5) is 5.21. The van der Waals surface area contributed by atoms with E-state index in [1.807, 2.05) is 30.3 Å². The zero-order valence-corrected chi connectivity index (χ0v) is 79.5. The molecule has 2 aliphatic heterocycles. The van der Waals surface area contributed by atoms with Crippen LogP contribution in [0.2, 0.25) is 0 Å². The van der Waals surface area contributed by atoms with E-state index in [9.17, 15) is 9.60 Å². The van der Waals surface area contributed by atoms with Crippen molar-refractivity contribution in [2.45, 2.75) is 78.6 Å². The Morgan fingerprint density at radius 1 is 0.234 bits per heavy atom. The van der Waals surface area contributed by atoms with Gasteiger partial charge in [0.1, 0.15) is 0 Å². The van der Waals surface area contributed by atoms with Gasteiger partial charge in [0, 0.05) is 61.5 Å². The Labute approximate surface area is 817 Å². The maximum Gasteiger partial charge on any atom is 0.252 e. The molecule has 0 radical (unpaired) electrons. The molecule has 5 heteroatoms. The summed E-state index contributed by atoms with van der Waals surface area (Å²) in [5.74, 6) is 0. The SMILES string of the molecule is [2H]c1c([2H])c([2H])c2c(c1[2H])c1c([2H])c(-c3ccccc3)c([2H])c([2H])c1n2-c1ccc2c(c1)N(c1c(-c3cccc(-c4ccccc4)c3)cc(C(C)(C)C)cc1-c1cccc(-c3ccccc3)c1)c1cc(C(C)(C)C)cc3c1B2c1cc(-c2ccc([Si](c4ccccc4)(c4ccccc4)c4ccccc4)cc2)ccc1N3c1c(-c2cccc(-c3ccccc3)c2)cc(C(C)(C)C)cc1-c1cccc(-c2ccccc2)c1. The van der Waals surface area contributed by atoms with Crippen molar-refractivity contribution >= 4 is 108 Å². The third kappa shape index (κ3) is 15.4. The topological polar surface area (TPSA) is 11.4 Å². The highest BCUT2D eigenvalue weighted by molar-refractivity contribution is 7.20. The van der Waals surface area contributed by atoms with Crippen LogP contribution in [0.15, 0.2) is 479 Å². The summed E-state index contributed by atoms with van der Waals surface area (Å²) in [6.07, 6.45) is 0. The van der Waals surface area contributed by atoms with Crippen LogP contribution in [0.1, 0.15) is 88.6 Å². The van der Waals surface area contributed by atoms with E-state index in [0.717, 1.165) is 167 Å². The van der Waals surface area contributed by atoms with Crippen molar-refractivity contribution in [1.29, 1.82) is 0 Å². The Bertz CT molecular complexity index is 8310. The molecule has 0 saturated heterocycles. The number of hydrogen-bond donors (Lipinski definition) is 0. The Morgan fingerprint density at radius 3 is 0.956 bits per heavy atom. The minimum atomic E-state index is -3.04. The predicted octanol–water partition coefficient (Wildman–Crippen LogP) is 30.8. The lowest BCUT2D eigenvalue weighted by molar-refractivity contribution is 0.590. The summed E-state index contributed by atoms with van der Waals surface area (Å²) in [6.45, 7) is 20.3. The van der Waals surface area contributed by atoms with Crippen LogP contribution in [-0.4, -0.2) is 19.4 Å². The second-order valence-electron chi connectivity index (χ2n) is 39.8. The predicted molar refractivity (Wildman–Crippen MR) is 589 cm³/mol. The summed E-state index contributed by atoms with van der Waals surface area (Å²) in [5, 5.41) is 5.33. The Morgan fingerprint density at radius 2 is 0.555 bits per heavy atom. The van der Waals surface area contributed by atoms with Gasteiger partial charge in [-0.15, -0.1) is 0 Å². The van der Waals surface area contributed by atoms with Gasteiger partial charge in [-0.1, -0.05) is 444 Å². The third-order valence-electron chi connectivity index (χ3n) is 28.2. The molecule has 3 heterocycles. The summed E-state index contributed by atoms with van der Waals surface area (Å²) in [5.41, 5.74) is 30.5. The summed E-state index contributed by atoms with van der Waals surface area (Å²) in [7, 11) is -3.04. The smallest absolute Gasteiger partial charge is 0.252 e. The minimum Gasteiger partial charge on any atom is -0.310 e. The number of rotatable bonds is 17. The van der Waals surface area contributed by atoms with E-state index in [0.29, 0.717) is 11.3 Å². The summed E-state index contributed by atoms with van der Waals surface area (Å²) in [6, 6.07) is 158. The number of aromatic nitrogens is 1. The molecule has 656 valence electrons. The number of para-hydroxylation sites is 1. The zero-order valence-electron chi connectivity index (χ0n) is 85.5. The zero-order chi connectivity index (χ0) is 98.9. The fourth-order valence-electron chi connectivity index (χ4n) is 21.2. The Hall–Kier alpha value is -15.9. The molecule has 0 fully saturated rings. The van der Waals surface area contributed by atoms with E-state index in [-0.39, 0.29) is 63.0 Å². The monoisotopic (exact) mass is 1780 g/mol. The van der Waals surface area contributed by atoms with Gasteiger partial charge in [0.25, 0.3) is 6.71 Å². The van der Waals surface area contributed by atoms with Crippen molar-refractivity contribution in [3.63, 3.8) is 0 Å². The first-order chi connectivity index (χ1) is 69.8. The molecule has 0 aliphatic carbocycles. The molecule has 1 aromatic heterocycles. The summed E-state index contributed by atoms with van der Waals surface area (Å²) < 4.78 is 73.0. The molecule has 0 spiro atoms. The van der Waals surface area contributed by atoms with Crippen molar-refractivity contribution in [2.24, 2.45) is 0 Å². The van der Waals surface area contributed by atoms with E-state index in [1.165, 1.54) is 20.7 Å². The summed E-state index contributed by atoms with van der Waals surface area (Å²) >= 11 is 0. The van der Waals surface area contributed by atoms with Crippen LogP contribution in [0.4, 0.5) is 34.1 Å². The molecule has 21 aromatic rings. The maximum atomic E-state index is 10.6. The van der Waals surface area contributed by atoms with Gasteiger partial charge in [0.2, 0.25) is 0 Å². The minimum absolute atomic E-state index is 0.0900. The number of benzene rings is 20. The van der Waals surface area contributed by atoms with Crippen LogP contribution in [0.25, 0.3) is 139 Å². The lowest BCUT2D eigenvalue weighted by Crippen LogP contribution is -2.74. The van der Waals surface area contributed by atoms with Crippen molar-refractivity contribution in [2.75, 3.05) is 9.80 Å². The molecule has 0 N–H and O–H groups in total. The largest absolute Gasteiger partial charge is 0.310 e. The second kappa shape index (κ2) is 34.5. The highest BCUT2D eigenvalue weighted by Crippen LogP contribution is 2.57. The number of hydrogen-bond acceptors (Lipinski definition) is 2. The Balaban J connectivity index is 0.901. The normalized spacial score (nSPS) is 13.2. The van der Waals surface area contributed by atoms with Gasteiger partial charge < -0.3 is 14.4 Å². The molecule has 137 heavy (non-hydrogen) atoms. The van der Waals surface area contributed by atoms with Gasteiger partial charge in [-0.05, 0) is 256 Å². The Kier molecular flexibility index (Phi) is 19.5. The van der Waals surface area contributed by atoms with Gasteiger partial charge in [-0.25, -0.2) is 0 Å². The van der Waals surface area contributed by atoms with Crippen molar-refractivity contribution in [3.05, 3.63) is 496 Å². The molecule has 20 aromatic carbocycles. The highest BCUT2D eigenvalue weighted by atomic mass is 28.3. The average Bonchev–Trinajstić information content (AvgIpc) is 1.35. The first-order valence-electron chi connectivity index (χ1n) is 51.2. The van der Waals surface area contributed by atoms with Gasteiger partial charge in [0.05, 0.1) is 32.0 Å². The van der Waals surface area contributed by atoms with Gasteiger partial charge >= 0.3 is 0 Å². The average molecular weight is 1780 g/mol. The highest BCUT2D eigenvalue weighted by Gasteiger charge is 2.48. The first kappa shape index (κ1) is 77.5. The van der Waals surface area contributed by atoms with Gasteiger partial charge in [-0.2, -0.15) is 0 Å². The molecular formula is C132H106BN3Si. The second-order valence-corrected chi connectivity index (χ2v) is 43.6. The van der Waals surface area contributed by atoms with Crippen molar-refractivity contribution in [3.8, 4) is 117 Å². The van der Waals surface area contributed by atoms with E-state index >= 15 is 0 Å². The van der Waals surface area contributed by atoms with Gasteiger partial charge in [-0.3, -0.25) is 0 Å². The van der Waals surface area contributed by atoms with Crippen LogP contribution in [-0.2, 0) is 16.2 Å². The lowest BCUT2D eigenvalue weighted by Gasteiger charge is -2.47. The molecule has 3 nitrogen and oxygen atoms in total. The van der Waals surface area contributed by atoms with E-state index < -0.39 is 37.7 Å². The van der Waals surface area contributed by atoms with Crippen LogP contribution < -0.4 is 46.9 Å².